The van der Waals surface area contributed by atoms with Gasteiger partial charge in [0.1, 0.15) is 0 Å². The van der Waals surface area contributed by atoms with Gasteiger partial charge >= 0.3 is 0 Å². The molecule has 0 saturated carbocycles. The van der Waals surface area contributed by atoms with Crippen molar-refractivity contribution in [2.75, 3.05) is 6.54 Å². The lowest BCUT2D eigenvalue weighted by atomic mass is 9.88. The van der Waals surface area contributed by atoms with Gasteiger partial charge in [0, 0.05) is 18.6 Å². The van der Waals surface area contributed by atoms with Crippen molar-refractivity contribution in [2.24, 2.45) is 0 Å². The normalized spacial score (nSPS) is 18.6. The smallest absolute Gasteiger partial charge is 0.0777 e. The second-order valence-electron chi connectivity index (χ2n) is 4.87. The quantitative estimate of drug-likeness (QED) is 0.713. The minimum absolute atomic E-state index is 0.426. The highest BCUT2D eigenvalue weighted by atomic mass is 35.7. The van der Waals surface area contributed by atoms with Gasteiger partial charge in [0.25, 0.3) is 0 Å². The molecule has 0 bridgehead atoms. The van der Waals surface area contributed by atoms with Crippen molar-refractivity contribution >= 4 is 0 Å². The van der Waals surface area contributed by atoms with E-state index in [1.165, 1.54) is 18.5 Å². The first-order valence-corrected chi connectivity index (χ1v) is 6.87. The summed E-state index contributed by atoms with van der Waals surface area (Å²) in [5, 5.41) is 0. The molecule has 0 aromatic heterocycles. The zero-order chi connectivity index (χ0) is 13.8. The number of rotatable bonds is 2. The summed E-state index contributed by atoms with van der Waals surface area (Å²) in [6.07, 6.45) is 1.33. The minimum Gasteiger partial charge on any atom is -0.294 e. The van der Waals surface area contributed by atoms with Crippen LogP contribution in [0.15, 0.2) is 30.3 Å². The van der Waals surface area contributed by atoms with Gasteiger partial charge in [-0.2, -0.15) is 14.0 Å². The fourth-order valence-corrected chi connectivity index (χ4v) is 1.81. The van der Waals surface area contributed by atoms with E-state index in [0.29, 0.717) is 5.54 Å². The highest BCUT2D eigenvalue weighted by Gasteiger charge is 2.35. The monoisotopic (exact) mass is 275 g/mol. The molecule has 0 atom stereocenters. The van der Waals surface area contributed by atoms with Crippen LogP contribution in [0.3, 0.4) is 0 Å². The molecular formula is C12H18ClNO4. The van der Waals surface area contributed by atoms with Crippen LogP contribution < -0.4 is 14.0 Å². The van der Waals surface area contributed by atoms with E-state index >= 15 is 0 Å². The second kappa shape index (κ2) is 5.97. The molecule has 1 aliphatic rings. The summed E-state index contributed by atoms with van der Waals surface area (Å²) in [4.78, 5) is 2.53. The summed E-state index contributed by atoms with van der Waals surface area (Å²) in [6, 6.07) is 10.7. The van der Waals surface area contributed by atoms with Crippen molar-refractivity contribution in [3.63, 3.8) is 0 Å². The summed E-state index contributed by atoms with van der Waals surface area (Å²) in [6.45, 7) is 6.99. The molecular weight excluding hydrogens is 258 g/mol. The topological polar surface area (TPSA) is 92.7 Å². The van der Waals surface area contributed by atoms with Crippen LogP contribution in [0.25, 0.3) is 0 Å². The van der Waals surface area contributed by atoms with E-state index in [9.17, 15) is 0 Å². The maximum absolute atomic E-state index is 8.60. The molecule has 0 spiro atoms. The molecule has 0 amide bonds. The van der Waals surface area contributed by atoms with Crippen molar-refractivity contribution in [3.05, 3.63) is 35.9 Å². The van der Waals surface area contributed by atoms with Crippen molar-refractivity contribution in [2.45, 2.75) is 32.4 Å². The van der Waals surface area contributed by atoms with E-state index in [1.807, 2.05) is 0 Å². The van der Waals surface area contributed by atoms with E-state index in [4.69, 9.17) is 18.6 Å². The molecule has 1 aliphatic heterocycles. The van der Waals surface area contributed by atoms with Gasteiger partial charge in [-0.25, -0.2) is 0 Å². The van der Waals surface area contributed by atoms with Crippen LogP contribution in [0.5, 0.6) is 0 Å². The second-order valence-corrected chi connectivity index (χ2v) is 5.66. The summed E-state index contributed by atoms with van der Waals surface area (Å²) >= 11 is 0. The average molecular weight is 276 g/mol. The van der Waals surface area contributed by atoms with E-state index in [1.54, 1.807) is 0 Å². The van der Waals surface area contributed by atoms with E-state index in [0.717, 1.165) is 6.54 Å². The Labute approximate surface area is 109 Å². The summed E-state index contributed by atoms with van der Waals surface area (Å²) in [7, 11) is -4.69. The zero-order valence-electron chi connectivity index (χ0n) is 10.5. The van der Waals surface area contributed by atoms with Gasteiger partial charge in [0.2, 0.25) is 0 Å². The van der Waals surface area contributed by atoms with Gasteiger partial charge in [-0.05, 0) is 25.8 Å². The van der Waals surface area contributed by atoms with Gasteiger partial charge < -0.3 is 0 Å². The Bertz CT molecular complexity index is 358. The Hall–Kier alpha value is -0.690. The van der Waals surface area contributed by atoms with Gasteiger partial charge in [0.05, 0.1) is 14.9 Å². The molecule has 0 aliphatic carbocycles. The van der Waals surface area contributed by atoms with E-state index < -0.39 is 10.2 Å². The molecule has 6 heteroatoms. The van der Waals surface area contributed by atoms with Crippen molar-refractivity contribution in [3.8, 4) is 0 Å². The van der Waals surface area contributed by atoms with Crippen LogP contribution in [0, 0.1) is 10.2 Å². The Morgan fingerprint density at radius 1 is 1.22 bits per heavy atom. The largest absolute Gasteiger partial charge is 0.294 e. The maximum atomic E-state index is 8.60. The maximum Gasteiger partial charge on any atom is 0.0777 e. The van der Waals surface area contributed by atoms with Crippen molar-refractivity contribution in [1.29, 1.82) is 0 Å². The molecule has 18 heavy (non-hydrogen) atoms. The molecule has 5 nitrogen and oxygen atoms in total. The number of halogens is 1. The third-order valence-corrected chi connectivity index (χ3v) is 3.07. The zero-order valence-corrected chi connectivity index (χ0v) is 11.3. The lowest BCUT2D eigenvalue weighted by Crippen LogP contribution is -2.58. The predicted molar refractivity (Wildman–Crippen MR) is 57.8 cm³/mol. The average Bonchev–Trinajstić information content (AvgIpc) is 2.24. The molecule has 1 aromatic rings. The summed E-state index contributed by atoms with van der Waals surface area (Å²) < 4.78 is 32.7. The molecule has 2 rings (SSSR count). The Balaban J connectivity index is 0.000000280. The third kappa shape index (κ3) is 5.77. The van der Waals surface area contributed by atoms with Gasteiger partial charge in [-0.3, -0.25) is 4.90 Å². The molecule has 1 aromatic carbocycles. The van der Waals surface area contributed by atoms with Gasteiger partial charge in [-0.1, -0.05) is 30.3 Å². The molecule has 1 N–H and O–H groups in total. The number of hydrogen-bond donors (Lipinski definition) is 1. The van der Waals surface area contributed by atoms with Crippen LogP contribution in [0.1, 0.15) is 25.8 Å². The van der Waals surface area contributed by atoms with Gasteiger partial charge in [0.15, 0.2) is 0 Å². The fraction of sp³-hybridized carbons (Fsp3) is 0.500. The molecule has 0 unspecified atom stereocenters. The predicted octanol–water partition coefficient (Wildman–Crippen LogP) is -1.45. The SMILES string of the molecule is CC1(C)CCN1Cc1ccccc1.[O-][Cl+3]([O-])([O-])O. The minimum atomic E-state index is -4.69. The Kier molecular flexibility index (Phi) is 5.10. The molecule has 1 saturated heterocycles. The van der Waals surface area contributed by atoms with E-state index in [-0.39, 0.29) is 0 Å². The summed E-state index contributed by atoms with van der Waals surface area (Å²) in [5.74, 6) is 0. The molecule has 1 fully saturated rings. The summed E-state index contributed by atoms with van der Waals surface area (Å²) in [5.41, 5.74) is 1.85. The first-order valence-electron chi connectivity index (χ1n) is 5.61. The first-order chi connectivity index (χ1) is 8.18. The highest BCUT2D eigenvalue weighted by Crippen LogP contribution is 2.30. The standard InChI is InChI=1S/C12H17N.ClHO4/c1-12(2)8-9-13(12)10-11-6-4-3-5-7-11;2-1(3,4)5/h3-7H,8-10H2,1-2H3;(H,2,3,4,5). The lowest BCUT2D eigenvalue weighted by Gasteiger charge is -2.48. The van der Waals surface area contributed by atoms with E-state index in [2.05, 4.69) is 49.1 Å². The van der Waals surface area contributed by atoms with Crippen molar-refractivity contribution in [1.82, 2.24) is 4.90 Å². The number of nitrogens with zero attached hydrogens (tertiary/aromatic N) is 1. The van der Waals surface area contributed by atoms with Crippen LogP contribution in [0.4, 0.5) is 0 Å². The van der Waals surface area contributed by atoms with Crippen LogP contribution >= 0.6 is 0 Å². The molecule has 102 valence electrons. The van der Waals surface area contributed by atoms with Gasteiger partial charge in [-0.15, -0.1) is 0 Å². The van der Waals surface area contributed by atoms with Crippen molar-refractivity contribution < 1.29 is 28.9 Å². The third-order valence-electron chi connectivity index (χ3n) is 3.07. The number of benzene rings is 1. The first kappa shape index (κ1) is 15.4. The molecule has 1 heterocycles. The Morgan fingerprint density at radius 3 is 2.06 bits per heavy atom. The van der Waals surface area contributed by atoms with Crippen LogP contribution in [-0.4, -0.2) is 21.6 Å². The van der Waals surface area contributed by atoms with Crippen LogP contribution in [-0.2, 0) is 6.54 Å². The number of likely N-dealkylation sites (tertiary alicyclic amines) is 1. The number of hydrogen-bond acceptors (Lipinski definition) is 5. The lowest BCUT2D eigenvalue weighted by molar-refractivity contribution is -1.92. The highest BCUT2D eigenvalue weighted by molar-refractivity contribution is 5.15. The van der Waals surface area contributed by atoms with Crippen LogP contribution in [0.2, 0.25) is 0 Å². The Morgan fingerprint density at radius 2 is 1.72 bits per heavy atom. The fourth-order valence-electron chi connectivity index (χ4n) is 1.81. The molecule has 0 radical (unpaired) electrons.